The second kappa shape index (κ2) is 7.90. The first-order valence-electron chi connectivity index (χ1n) is 6.82. The predicted octanol–water partition coefficient (Wildman–Crippen LogP) is 2.92. The second-order valence-corrected chi connectivity index (χ2v) is 5.17. The Bertz CT molecular complexity index is 892. The minimum atomic E-state index is -0.884. The van der Waals surface area contributed by atoms with Crippen molar-refractivity contribution in [3.8, 4) is 6.07 Å². The number of carbonyl (C=O) groups is 2. The van der Waals surface area contributed by atoms with Crippen molar-refractivity contribution in [3.63, 3.8) is 0 Å². The van der Waals surface area contributed by atoms with Crippen LogP contribution in [0.5, 0.6) is 0 Å². The van der Waals surface area contributed by atoms with E-state index in [-0.39, 0.29) is 22.5 Å². The van der Waals surface area contributed by atoms with Gasteiger partial charge in [-0.05, 0) is 24.3 Å². The normalized spacial score (nSPS) is 9.76. The van der Waals surface area contributed by atoms with Crippen molar-refractivity contribution in [3.05, 3.63) is 68.7 Å². The van der Waals surface area contributed by atoms with Crippen LogP contribution >= 0.6 is 11.6 Å². The summed E-state index contributed by atoms with van der Waals surface area (Å²) in [5.74, 6) is -1.57. The minimum Gasteiger partial charge on any atom is -0.452 e. The van der Waals surface area contributed by atoms with Gasteiger partial charge in [0.25, 0.3) is 11.6 Å². The van der Waals surface area contributed by atoms with E-state index in [1.807, 2.05) is 6.07 Å². The summed E-state index contributed by atoms with van der Waals surface area (Å²) in [6, 6.07) is 11.2. The quantitative estimate of drug-likeness (QED) is 0.497. The smallest absolute Gasteiger partial charge is 0.338 e. The SMILES string of the molecule is N#Cc1ccc(Cl)cc1NC(=O)COC(=O)c1cccc([N+](=O)[O-])c1. The number of rotatable bonds is 5. The number of nitro benzene ring substituents is 1. The van der Waals surface area contributed by atoms with Gasteiger partial charge in [0.1, 0.15) is 6.07 Å². The summed E-state index contributed by atoms with van der Waals surface area (Å²) in [6.07, 6.45) is 0. The number of ether oxygens (including phenoxy) is 1. The van der Waals surface area contributed by atoms with Gasteiger partial charge in [0.05, 0.1) is 21.7 Å². The lowest BCUT2D eigenvalue weighted by atomic mass is 10.2. The molecule has 0 saturated carbocycles. The van der Waals surface area contributed by atoms with Gasteiger partial charge in [0.15, 0.2) is 6.61 Å². The maximum atomic E-state index is 11.9. The van der Waals surface area contributed by atoms with Crippen molar-refractivity contribution in [1.82, 2.24) is 0 Å². The highest BCUT2D eigenvalue weighted by Crippen LogP contribution is 2.20. The van der Waals surface area contributed by atoms with Gasteiger partial charge in [-0.3, -0.25) is 14.9 Å². The van der Waals surface area contributed by atoms with Gasteiger partial charge in [-0.25, -0.2) is 4.79 Å². The minimum absolute atomic E-state index is 0.0533. The number of nitrogens with one attached hydrogen (secondary N) is 1. The highest BCUT2D eigenvalue weighted by Gasteiger charge is 2.15. The van der Waals surface area contributed by atoms with E-state index in [0.717, 1.165) is 6.07 Å². The molecule has 0 aliphatic carbocycles. The van der Waals surface area contributed by atoms with Crippen LogP contribution in [0.3, 0.4) is 0 Å². The van der Waals surface area contributed by atoms with E-state index in [2.05, 4.69) is 5.32 Å². The Morgan fingerprint density at radius 2 is 2.04 bits per heavy atom. The van der Waals surface area contributed by atoms with Crippen molar-refractivity contribution in [1.29, 1.82) is 5.26 Å². The average Bonchev–Trinajstić information content (AvgIpc) is 2.60. The van der Waals surface area contributed by atoms with E-state index >= 15 is 0 Å². The number of halogens is 1. The number of hydrogen-bond donors (Lipinski definition) is 1. The lowest BCUT2D eigenvalue weighted by Crippen LogP contribution is -2.21. The monoisotopic (exact) mass is 359 g/mol. The first kappa shape index (κ1) is 17.9. The van der Waals surface area contributed by atoms with E-state index in [1.54, 1.807) is 0 Å². The standard InChI is InChI=1S/C16H10ClN3O5/c17-12-5-4-11(8-18)14(7-12)19-15(21)9-25-16(22)10-2-1-3-13(6-10)20(23)24/h1-7H,9H2,(H,19,21). The highest BCUT2D eigenvalue weighted by atomic mass is 35.5. The van der Waals surface area contributed by atoms with Gasteiger partial charge in [-0.15, -0.1) is 0 Å². The molecule has 2 aromatic carbocycles. The molecule has 0 fully saturated rings. The van der Waals surface area contributed by atoms with Crippen LogP contribution in [0.2, 0.25) is 5.02 Å². The van der Waals surface area contributed by atoms with Crippen molar-refractivity contribution in [2.24, 2.45) is 0 Å². The average molecular weight is 360 g/mol. The summed E-state index contributed by atoms with van der Waals surface area (Å²) in [7, 11) is 0. The zero-order valence-electron chi connectivity index (χ0n) is 12.6. The molecule has 0 heterocycles. The topological polar surface area (TPSA) is 122 Å². The molecule has 2 rings (SSSR count). The van der Waals surface area contributed by atoms with Gasteiger partial charge in [0, 0.05) is 17.2 Å². The van der Waals surface area contributed by atoms with E-state index in [0.29, 0.717) is 5.02 Å². The van der Waals surface area contributed by atoms with Crippen LogP contribution in [0, 0.1) is 21.4 Å². The Labute approximate surface area is 146 Å². The molecule has 1 amide bonds. The Morgan fingerprint density at radius 3 is 2.72 bits per heavy atom. The molecule has 9 heteroatoms. The third kappa shape index (κ3) is 4.76. The molecule has 0 saturated heterocycles. The number of amides is 1. The number of hydrogen-bond acceptors (Lipinski definition) is 6. The molecule has 126 valence electrons. The molecule has 0 spiro atoms. The molecule has 25 heavy (non-hydrogen) atoms. The number of carbonyl (C=O) groups excluding carboxylic acids is 2. The molecule has 0 aliphatic heterocycles. The molecule has 0 bridgehead atoms. The molecule has 0 radical (unpaired) electrons. The van der Waals surface area contributed by atoms with Crippen molar-refractivity contribution in [2.45, 2.75) is 0 Å². The second-order valence-electron chi connectivity index (χ2n) is 4.73. The fourth-order valence-corrected chi connectivity index (χ4v) is 2.04. The van der Waals surface area contributed by atoms with Crippen LogP contribution in [-0.2, 0) is 9.53 Å². The van der Waals surface area contributed by atoms with Gasteiger partial charge >= 0.3 is 5.97 Å². The van der Waals surface area contributed by atoms with Crippen molar-refractivity contribution >= 4 is 34.9 Å². The molecule has 2 aromatic rings. The molecule has 8 nitrogen and oxygen atoms in total. The van der Waals surface area contributed by atoms with Crippen LogP contribution < -0.4 is 5.32 Å². The number of nitriles is 1. The van der Waals surface area contributed by atoms with Gasteiger partial charge in [0.2, 0.25) is 0 Å². The van der Waals surface area contributed by atoms with E-state index < -0.39 is 23.4 Å². The molecular formula is C16H10ClN3O5. The van der Waals surface area contributed by atoms with Crippen LogP contribution in [0.25, 0.3) is 0 Å². The summed E-state index contributed by atoms with van der Waals surface area (Å²) < 4.78 is 4.81. The van der Waals surface area contributed by atoms with Gasteiger partial charge in [-0.1, -0.05) is 17.7 Å². The Hall–Kier alpha value is -3.44. The molecule has 0 aromatic heterocycles. The molecular weight excluding hydrogens is 350 g/mol. The van der Waals surface area contributed by atoms with E-state index in [9.17, 15) is 19.7 Å². The maximum absolute atomic E-state index is 11.9. The van der Waals surface area contributed by atoms with Crippen LogP contribution in [0.4, 0.5) is 11.4 Å². The number of non-ortho nitro benzene ring substituents is 1. The maximum Gasteiger partial charge on any atom is 0.338 e. The summed E-state index contributed by atoms with van der Waals surface area (Å²) in [5.41, 5.74) is 0.0631. The van der Waals surface area contributed by atoms with Gasteiger partial charge < -0.3 is 10.1 Å². The Kier molecular flexibility index (Phi) is 5.66. The fraction of sp³-hybridized carbons (Fsp3) is 0.0625. The third-order valence-electron chi connectivity index (χ3n) is 3.00. The number of benzene rings is 2. The van der Waals surface area contributed by atoms with Crippen LogP contribution in [0.1, 0.15) is 15.9 Å². The fourth-order valence-electron chi connectivity index (χ4n) is 1.86. The van der Waals surface area contributed by atoms with Crippen LogP contribution in [-0.4, -0.2) is 23.4 Å². The molecule has 0 unspecified atom stereocenters. The molecule has 0 atom stereocenters. The lowest BCUT2D eigenvalue weighted by molar-refractivity contribution is -0.384. The summed E-state index contributed by atoms with van der Waals surface area (Å²) >= 11 is 5.80. The number of anilines is 1. The zero-order valence-corrected chi connectivity index (χ0v) is 13.3. The summed E-state index contributed by atoms with van der Waals surface area (Å²) in [6.45, 7) is -0.626. The number of esters is 1. The van der Waals surface area contributed by atoms with Gasteiger partial charge in [-0.2, -0.15) is 5.26 Å². The molecule has 1 N–H and O–H groups in total. The lowest BCUT2D eigenvalue weighted by Gasteiger charge is -2.08. The van der Waals surface area contributed by atoms with Crippen molar-refractivity contribution in [2.75, 3.05) is 11.9 Å². The van der Waals surface area contributed by atoms with Crippen LogP contribution in [0.15, 0.2) is 42.5 Å². The Morgan fingerprint density at radius 1 is 1.28 bits per heavy atom. The number of nitrogens with zero attached hydrogens (tertiary/aromatic N) is 2. The zero-order chi connectivity index (χ0) is 18.4. The predicted molar refractivity (Wildman–Crippen MR) is 88.2 cm³/mol. The number of nitro groups is 1. The van der Waals surface area contributed by atoms with E-state index in [4.69, 9.17) is 21.6 Å². The first-order valence-corrected chi connectivity index (χ1v) is 7.19. The summed E-state index contributed by atoms with van der Waals surface area (Å²) in [5, 5.41) is 22.4. The first-order chi connectivity index (χ1) is 11.9. The summed E-state index contributed by atoms with van der Waals surface area (Å²) in [4.78, 5) is 33.7. The largest absolute Gasteiger partial charge is 0.452 e. The Balaban J connectivity index is 2.00. The highest BCUT2D eigenvalue weighted by molar-refractivity contribution is 6.31. The van der Waals surface area contributed by atoms with Crippen molar-refractivity contribution < 1.29 is 19.2 Å². The molecule has 0 aliphatic rings. The third-order valence-corrected chi connectivity index (χ3v) is 3.24. The van der Waals surface area contributed by atoms with E-state index in [1.165, 1.54) is 36.4 Å².